The molecule has 2 unspecified atom stereocenters. The molecule has 0 spiro atoms. The number of amides is 1. The third-order valence-corrected chi connectivity index (χ3v) is 4.71. The molecule has 0 saturated heterocycles. The van der Waals surface area contributed by atoms with Crippen LogP contribution in [0.3, 0.4) is 0 Å². The van der Waals surface area contributed by atoms with Crippen LogP contribution in [-0.4, -0.2) is 29.0 Å². The van der Waals surface area contributed by atoms with Gasteiger partial charge in [0.1, 0.15) is 18.8 Å². The quantitative estimate of drug-likeness (QED) is 0.540. The average molecular weight is 412 g/mol. The summed E-state index contributed by atoms with van der Waals surface area (Å²) >= 11 is 5.90. The summed E-state index contributed by atoms with van der Waals surface area (Å²) in [5, 5.41) is 23.7. The topological polar surface area (TPSA) is 78.8 Å². The number of hydrogen-bond acceptors (Lipinski definition) is 4. The first-order valence-electron chi connectivity index (χ1n) is 9.19. The van der Waals surface area contributed by atoms with E-state index in [1.54, 1.807) is 12.1 Å². The van der Waals surface area contributed by atoms with Crippen LogP contribution < -0.4 is 5.32 Å². The van der Waals surface area contributed by atoms with Crippen molar-refractivity contribution < 1.29 is 19.7 Å². The molecule has 1 amide bonds. The molecular weight excluding hydrogens is 390 g/mol. The summed E-state index contributed by atoms with van der Waals surface area (Å²) < 4.78 is 5.08. The Hall–Kier alpha value is -2.86. The molecule has 3 aromatic carbocycles. The van der Waals surface area contributed by atoms with E-state index in [2.05, 4.69) is 5.32 Å². The molecular formula is C23H22ClNO4. The van der Waals surface area contributed by atoms with Gasteiger partial charge in [0.15, 0.2) is 0 Å². The highest BCUT2D eigenvalue weighted by atomic mass is 35.5. The van der Waals surface area contributed by atoms with Gasteiger partial charge in [0, 0.05) is 11.6 Å². The van der Waals surface area contributed by atoms with E-state index < -0.39 is 18.3 Å². The monoisotopic (exact) mass is 411 g/mol. The lowest BCUT2D eigenvalue weighted by atomic mass is 9.99. The molecule has 0 radical (unpaired) electrons. The number of hydrogen-bond donors (Lipinski definition) is 3. The molecule has 6 heteroatoms. The molecule has 29 heavy (non-hydrogen) atoms. The second-order valence-corrected chi connectivity index (χ2v) is 7.02. The van der Waals surface area contributed by atoms with Crippen LogP contribution in [0.1, 0.15) is 17.2 Å². The zero-order valence-corrected chi connectivity index (χ0v) is 16.4. The number of benzene rings is 3. The van der Waals surface area contributed by atoms with Gasteiger partial charge < -0.3 is 20.3 Å². The predicted octanol–water partition coefficient (Wildman–Crippen LogP) is 4.33. The number of ether oxygens (including phenoxy) is 1. The number of carbonyl (C=O) groups is 1. The molecule has 0 bridgehead atoms. The van der Waals surface area contributed by atoms with E-state index in [0.29, 0.717) is 10.6 Å². The van der Waals surface area contributed by atoms with Crippen molar-refractivity contribution in [3.8, 4) is 11.1 Å². The lowest BCUT2D eigenvalue weighted by molar-refractivity contribution is 0.0184. The maximum atomic E-state index is 11.8. The van der Waals surface area contributed by atoms with Gasteiger partial charge in [-0.25, -0.2) is 4.79 Å². The summed E-state index contributed by atoms with van der Waals surface area (Å²) in [4.78, 5) is 11.8. The molecule has 3 rings (SSSR count). The second kappa shape index (κ2) is 10.1. The number of halogens is 1. The van der Waals surface area contributed by atoms with Gasteiger partial charge in [0.2, 0.25) is 0 Å². The molecule has 2 atom stereocenters. The Bertz CT molecular complexity index is 914. The zero-order chi connectivity index (χ0) is 20.6. The maximum absolute atomic E-state index is 11.8. The fourth-order valence-electron chi connectivity index (χ4n) is 2.81. The van der Waals surface area contributed by atoms with E-state index in [0.717, 1.165) is 16.7 Å². The van der Waals surface area contributed by atoms with Crippen molar-refractivity contribution in [2.24, 2.45) is 0 Å². The number of rotatable bonds is 7. The molecule has 3 aromatic rings. The largest absolute Gasteiger partial charge is 0.445 e. The minimum Gasteiger partial charge on any atom is -0.445 e. The first kappa shape index (κ1) is 20.9. The van der Waals surface area contributed by atoms with Crippen LogP contribution in [-0.2, 0) is 11.3 Å². The summed E-state index contributed by atoms with van der Waals surface area (Å²) in [5.41, 5.74) is 3.38. The second-order valence-electron chi connectivity index (χ2n) is 6.58. The Labute approximate surface area is 174 Å². The van der Waals surface area contributed by atoms with E-state index in [9.17, 15) is 15.0 Å². The number of carbonyl (C=O) groups excluding carboxylic acids is 1. The molecule has 0 aliphatic rings. The maximum Gasteiger partial charge on any atom is 0.407 e. The molecule has 5 nitrogen and oxygen atoms in total. The van der Waals surface area contributed by atoms with Gasteiger partial charge in [-0.05, 0) is 34.4 Å². The minimum atomic E-state index is -1.17. The van der Waals surface area contributed by atoms with Crippen molar-refractivity contribution in [3.05, 3.63) is 95.0 Å². The van der Waals surface area contributed by atoms with Gasteiger partial charge in [-0.2, -0.15) is 0 Å². The number of nitrogens with one attached hydrogen (secondary N) is 1. The van der Waals surface area contributed by atoms with Crippen LogP contribution >= 0.6 is 11.6 Å². The number of aliphatic hydroxyl groups excluding tert-OH is 2. The van der Waals surface area contributed by atoms with Gasteiger partial charge >= 0.3 is 6.09 Å². The fraction of sp³-hybridized carbons (Fsp3) is 0.174. The third kappa shape index (κ3) is 6.06. The van der Waals surface area contributed by atoms with Crippen LogP contribution in [0.5, 0.6) is 0 Å². The highest BCUT2D eigenvalue weighted by Crippen LogP contribution is 2.24. The van der Waals surface area contributed by atoms with Crippen molar-refractivity contribution in [1.29, 1.82) is 0 Å². The van der Waals surface area contributed by atoms with Gasteiger partial charge in [-0.15, -0.1) is 0 Å². The van der Waals surface area contributed by atoms with Crippen molar-refractivity contribution in [3.63, 3.8) is 0 Å². The molecule has 0 fully saturated rings. The van der Waals surface area contributed by atoms with E-state index in [-0.39, 0.29) is 13.2 Å². The van der Waals surface area contributed by atoms with Crippen molar-refractivity contribution in [2.75, 3.05) is 6.54 Å². The Kier molecular flexibility index (Phi) is 7.25. The molecule has 3 N–H and O–H groups in total. The molecule has 0 aliphatic carbocycles. The average Bonchev–Trinajstić information content (AvgIpc) is 2.77. The normalized spacial score (nSPS) is 12.8. The van der Waals surface area contributed by atoms with E-state index in [4.69, 9.17) is 16.3 Å². The van der Waals surface area contributed by atoms with E-state index in [1.807, 2.05) is 66.7 Å². The highest BCUT2D eigenvalue weighted by molar-refractivity contribution is 6.30. The Morgan fingerprint density at radius 2 is 1.48 bits per heavy atom. The highest BCUT2D eigenvalue weighted by Gasteiger charge is 2.19. The molecule has 0 heterocycles. The van der Waals surface area contributed by atoms with Gasteiger partial charge in [-0.1, -0.05) is 78.3 Å². The molecule has 0 aliphatic heterocycles. The Morgan fingerprint density at radius 3 is 2.10 bits per heavy atom. The Balaban J connectivity index is 1.49. The lowest BCUT2D eigenvalue weighted by Gasteiger charge is -2.19. The first-order valence-corrected chi connectivity index (χ1v) is 9.57. The summed E-state index contributed by atoms with van der Waals surface area (Å²) in [7, 11) is 0. The van der Waals surface area contributed by atoms with Crippen LogP contribution in [0.25, 0.3) is 11.1 Å². The number of aliphatic hydroxyl groups is 2. The summed E-state index contributed by atoms with van der Waals surface area (Å²) in [6, 6.07) is 23.9. The summed E-state index contributed by atoms with van der Waals surface area (Å²) in [6.07, 6.45) is -2.96. The van der Waals surface area contributed by atoms with Gasteiger partial charge in [-0.3, -0.25) is 0 Å². The third-order valence-electron chi connectivity index (χ3n) is 4.46. The van der Waals surface area contributed by atoms with Crippen LogP contribution in [0, 0.1) is 0 Å². The SMILES string of the molecule is O=C(NCC(O)C(O)c1ccc(-c2ccc(Cl)cc2)cc1)OCc1ccccc1. The van der Waals surface area contributed by atoms with E-state index >= 15 is 0 Å². The minimum absolute atomic E-state index is 0.131. The van der Waals surface area contributed by atoms with Gasteiger partial charge in [0.05, 0.1) is 0 Å². The fourth-order valence-corrected chi connectivity index (χ4v) is 2.94. The zero-order valence-electron chi connectivity index (χ0n) is 15.7. The van der Waals surface area contributed by atoms with Crippen LogP contribution in [0.4, 0.5) is 4.79 Å². The number of alkyl carbamates (subject to hydrolysis) is 1. The standard InChI is InChI=1S/C23H22ClNO4/c24-20-12-10-18(11-13-20)17-6-8-19(9-7-17)22(27)21(26)14-25-23(28)29-15-16-4-2-1-3-5-16/h1-13,21-22,26-27H,14-15H2,(H,25,28). The first-order chi connectivity index (χ1) is 14.0. The predicted molar refractivity (Wildman–Crippen MR) is 112 cm³/mol. The Morgan fingerprint density at radius 1 is 0.897 bits per heavy atom. The van der Waals surface area contributed by atoms with E-state index in [1.165, 1.54) is 0 Å². The molecule has 0 saturated carbocycles. The van der Waals surface area contributed by atoms with Gasteiger partial charge in [0.25, 0.3) is 0 Å². The van der Waals surface area contributed by atoms with Crippen LogP contribution in [0.2, 0.25) is 5.02 Å². The van der Waals surface area contributed by atoms with Crippen molar-refractivity contribution in [2.45, 2.75) is 18.8 Å². The summed E-state index contributed by atoms with van der Waals surface area (Å²) in [6.45, 7) is 0.00517. The van der Waals surface area contributed by atoms with Crippen molar-refractivity contribution >= 4 is 17.7 Å². The molecule has 150 valence electrons. The smallest absolute Gasteiger partial charge is 0.407 e. The van der Waals surface area contributed by atoms with Crippen molar-refractivity contribution in [1.82, 2.24) is 5.32 Å². The van der Waals surface area contributed by atoms with Crippen LogP contribution in [0.15, 0.2) is 78.9 Å². The summed E-state index contributed by atoms with van der Waals surface area (Å²) in [5.74, 6) is 0. The lowest BCUT2D eigenvalue weighted by Crippen LogP contribution is -2.35. The molecule has 0 aromatic heterocycles.